The number of benzene rings is 1. The summed E-state index contributed by atoms with van der Waals surface area (Å²) in [6.07, 6.45) is -1.19. The lowest BCUT2D eigenvalue weighted by atomic mass is 9.45. The van der Waals surface area contributed by atoms with Crippen LogP contribution in [0.15, 0.2) is 33.7 Å². The van der Waals surface area contributed by atoms with Crippen LogP contribution < -0.4 is 10.9 Å². The summed E-state index contributed by atoms with van der Waals surface area (Å²) in [6, 6.07) is 2.13. The summed E-state index contributed by atoms with van der Waals surface area (Å²) in [5.41, 5.74) is -1.43. The van der Waals surface area contributed by atoms with Crippen molar-refractivity contribution in [3.05, 3.63) is 56.2 Å². The molecule has 3 aliphatic rings. The molecule has 0 aliphatic heterocycles. The molecule has 3 fully saturated rings. The number of carbonyl (C=O) groups excluding carboxylic acids is 1. The van der Waals surface area contributed by atoms with Gasteiger partial charge in [0.1, 0.15) is 16.8 Å². The Morgan fingerprint density at radius 3 is 2.58 bits per heavy atom. The second kappa shape index (κ2) is 8.21. The normalized spacial score (nSPS) is 25.9. The summed E-state index contributed by atoms with van der Waals surface area (Å²) in [4.78, 5) is 25.2. The summed E-state index contributed by atoms with van der Waals surface area (Å²) >= 11 is 3.28. The number of nitrogens with zero attached hydrogens (tertiary/aromatic N) is 2. The van der Waals surface area contributed by atoms with Gasteiger partial charge in [-0.3, -0.25) is 9.59 Å². The minimum atomic E-state index is -4.86. The number of hydrogen-bond donors (Lipinski definition) is 1. The SMILES string of the molecule is C[C@@H]1[C@H]2C[C@@H](C[C@H]1Nc1cnn(CC(=O)c3ccc(C(F)(F)F)c(F)c3)c(=O)c1Br)C2(C)C. The zero-order valence-electron chi connectivity index (χ0n) is 18.3. The van der Waals surface area contributed by atoms with Gasteiger partial charge in [0.05, 0.1) is 17.4 Å². The number of ketones is 1. The summed E-state index contributed by atoms with van der Waals surface area (Å²) in [6.45, 7) is 6.29. The minimum absolute atomic E-state index is 0.201. The molecule has 3 saturated carbocycles. The highest BCUT2D eigenvalue weighted by atomic mass is 79.9. The number of hydrogen-bond acceptors (Lipinski definition) is 4. The van der Waals surface area contributed by atoms with Crippen molar-refractivity contribution in [2.24, 2.45) is 23.2 Å². The van der Waals surface area contributed by atoms with Gasteiger partial charge in [-0.25, -0.2) is 9.07 Å². The third kappa shape index (κ3) is 4.22. The van der Waals surface area contributed by atoms with Gasteiger partial charge in [0.15, 0.2) is 5.78 Å². The second-order valence-corrected chi connectivity index (χ2v) is 10.4. The zero-order valence-corrected chi connectivity index (χ0v) is 19.9. The fourth-order valence-corrected chi connectivity index (χ4v) is 5.79. The van der Waals surface area contributed by atoms with Crippen LogP contribution in [0.25, 0.3) is 0 Å². The molecule has 1 aromatic heterocycles. The number of Topliss-reactive ketones (excluding diaryl/α,β-unsaturated/α-hetero) is 1. The van der Waals surface area contributed by atoms with Gasteiger partial charge in [-0.1, -0.05) is 26.8 Å². The summed E-state index contributed by atoms with van der Waals surface area (Å²) < 4.78 is 53.1. The van der Waals surface area contributed by atoms with Crippen molar-refractivity contribution in [2.45, 2.75) is 52.4 Å². The van der Waals surface area contributed by atoms with E-state index >= 15 is 0 Å². The number of fused-ring (bicyclic) bond motifs is 2. The predicted octanol–water partition coefficient (Wildman–Crippen LogP) is 5.53. The van der Waals surface area contributed by atoms with Crippen molar-refractivity contribution in [3.8, 4) is 0 Å². The van der Waals surface area contributed by atoms with Crippen molar-refractivity contribution in [1.82, 2.24) is 9.78 Å². The number of alkyl halides is 3. The Morgan fingerprint density at radius 2 is 2.00 bits per heavy atom. The quantitative estimate of drug-likeness (QED) is 0.408. The maximum Gasteiger partial charge on any atom is 0.419 e. The van der Waals surface area contributed by atoms with E-state index in [0.717, 1.165) is 17.2 Å². The number of rotatable bonds is 5. The summed E-state index contributed by atoms with van der Waals surface area (Å²) in [5.74, 6) is -0.603. The Hall–Kier alpha value is -2.23. The molecule has 0 amide bonds. The van der Waals surface area contributed by atoms with E-state index in [9.17, 15) is 27.2 Å². The Labute approximate surface area is 196 Å². The topological polar surface area (TPSA) is 64.0 Å². The van der Waals surface area contributed by atoms with Crippen molar-refractivity contribution >= 4 is 27.4 Å². The van der Waals surface area contributed by atoms with Gasteiger partial charge in [0.25, 0.3) is 5.56 Å². The number of halogens is 5. The molecule has 2 aromatic rings. The zero-order chi connectivity index (χ0) is 24.3. The molecule has 5 rings (SSSR count). The third-order valence-electron chi connectivity index (χ3n) is 7.57. The largest absolute Gasteiger partial charge is 0.419 e. The molecule has 0 spiro atoms. The van der Waals surface area contributed by atoms with Crippen LogP contribution in [0.1, 0.15) is 49.5 Å². The number of nitrogens with one attached hydrogen (secondary N) is 1. The Morgan fingerprint density at radius 1 is 1.30 bits per heavy atom. The Bertz CT molecular complexity index is 1160. The van der Waals surface area contributed by atoms with E-state index in [1.807, 2.05) is 0 Å². The van der Waals surface area contributed by atoms with Gasteiger partial charge >= 0.3 is 6.18 Å². The monoisotopic (exact) mass is 529 g/mol. The third-order valence-corrected chi connectivity index (χ3v) is 8.34. The van der Waals surface area contributed by atoms with Crippen LogP contribution in [0.5, 0.6) is 0 Å². The van der Waals surface area contributed by atoms with E-state index in [-0.39, 0.29) is 16.1 Å². The molecule has 5 nitrogen and oxygen atoms in total. The first-order valence-electron chi connectivity index (χ1n) is 10.7. The maximum atomic E-state index is 13.8. The highest BCUT2D eigenvalue weighted by Gasteiger charge is 2.56. The lowest BCUT2D eigenvalue weighted by molar-refractivity contribution is -0.140. The highest BCUT2D eigenvalue weighted by molar-refractivity contribution is 9.10. The van der Waals surface area contributed by atoms with Gasteiger partial charge < -0.3 is 5.32 Å². The number of anilines is 1. The van der Waals surface area contributed by atoms with Crippen LogP contribution in [0.3, 0.4) is 0 Å². The van der Waals surface area contributed by atoms with Crippen LogP contribution in [0.2, 0.25) is 0 Å². The van der Waals surface area contributed by atoms with Gasteiger partial charge in [0.2, 0.25) is 0 Å². The first-order chi connectivity index (χ1) is 15.3. The Balaban J connectivity index is 1.49. The molecular formula is C23H24BrF4N3O2. The van der Waals surface area contributed by atoms with Crippen LogP contribution in [-0.2, 0) is 12.7 Å². The molecule has 1 N–H and O–H groups in total. The fraction of sp³-hybridized carbons (Fsp3) is 0.522. The molecule has 0 saturated heterocycles. The van der Waals surface area contributed by atoms with E-state index in [2.05, 4.69) is 47.1 Å². The molecule has 178 valence electrons. The second-order valence-electron chi connectivity index (χ2n) is 9.66. The van der Waals surface area contributed by atoms with E-state index in [1.165, 1.54) is 12.6 Å². The van der Waals surface area contributed by atoms with Crippen molar-refractivity contribution < 1.29 is 22.4 Å². The van der Waals surface area contributed by atoms with E-state index in [4.69, 9.17) is 0 Å². The summed E-state index contributed by atoms with van der Waals surface area (Å²) in [5, 5.41) is 7.46. The van der Waals surface area contributed by atoms with Crippen molar-refractivity contribution in [1.29, 1.82) is 0 Å². The minimum Gasteiger partial charge on any atom is -0.380 e. The highest BCUT2D eigenvalue weighted by Crippen LogP contribution is 2.61. The van der Waals surface area contributed by atoms with Crippen LogP contribution >= 0.6 is 15.9 Å². The summed E-state index contributed by atoms with van der Waals surface area (Å²) in [7, 11) is 0. The van der Waals surface area contributed by atoms with Crippen LogP contribution in [0, 0.1) is 29.0 Å². The molecule has 1 heterocycles. The van der Waals surface area contributed by atoms with Crippen molar-refractivity contribution in [2.75, 3.05) is 5.32 Å². The predicted molar refractivity (Wildman–Crippen MR) is 118 cm³/mol. The number of carbonyl (C=O) groups is 1. The molecular weight excluding hydrogens is 506 g/mol. The van der Waals surface area contributed by atoms with E-state index in [0.29, 0.717) is 41.0 Å². The van der Waals surface area contributed by atoms with Gasteiger partial charge in [-0.15, -0.1) is 0 Å². The standard InChI is InChI=1S/C23H24BrF4N3O2/c1-11-15-7-13(22(15,2)3)8-17(11)30-18-9-29-31(21(33)20(18)24)10-19(32)12-4-5-14(16(25)6-12)23(26,27)28/h4-6,9,11,13,15,17,30H,7-8,10H2,1-3H3/t11-,13+,15-,17-/m1/s1. The van der Waals surface area contributed by atoms with Crippen LogP contribution in [0.4, 0.5) is 23.2 Å². The molecule has 3 aliphatic carbocycles. The number of aromatic nitrogens is 2. The lowest BCUT2D eigenvalue weighted by Crippen LogP contribution is -2.58. The molecule has 4 atom stereocenters. The average molecular weight is 530 g/mol. The van der Waals surface area contributed by atoms with E-state index in [1.54, 1.807) is 0 Å². The molecule has 1 aromatic carbocycles. The first-order valence-corrected chi connectivity index (χ1v) is 11.5. The van der Waals surface area contributed by atoms with Gasteiger partial charge in [0, 0.05) is 11.6 Å². The maximum absolute atomic E-state index is 13.8. The average Bonchev–Trinajstić information content (AvgIpc) is 2.73. The molecule has 10 heteroatoms. The molecule has 0 radical (unpaired) electrons. The van der Waals surface area contributed by atoms with Gasteiger partial charge in [-0.2, -0.15) is 18.3 Å². The van der Waals surface area contributed by atoms with Crippen molar-refractivity contribution in [3.63, 3.8) is 0 Å². The molecule has 0 unspecified atom stereocenters. The fourth-order valence-electron chi connectivity index (χ4n) is 5.36. The molecule has 33 heavy (non-hydrogen) atoms. The first kappa shape index (κ1) is 23.9. The Kier molecular flexibility index (Phi) is 5.95. The molecule has 2 bridgehead atoms. The van der Waals surface area contributed by atoms with Crippen LogP contribution in [-0.4, -0.2) is 21.6 Å². The van der Waals surface area contributed by atoms with Gasteiger partial charge in [-0.05, 0) is 64.1 Å². The lowest BCUT2D eigenvalue weighted by Gasteiger charge is -2.62. The van der Waals surface area contributed by atoms with E-state index < -0.39 is 35.4 Å². The smallest absolute Gasteiger partial charge is 0.380 e.